The molecule has 5 nitrogen and oxygen atoms in total. The van der Waals surface area contributed by atoms with Gasteiger partial charge < -0.3 is 19.1 Å². The second-order valence-corrected chi connectivity index (χ2v) is 7.20. The number of halogens is 1. The van der Waals surface area contributed by atoms with Crippen LogP contribution >= 0.6 is 11.6 Å². The number of carbonyl (C=O) groups excluding carboxylic acids is 1. The summed E-state index contributed by atoms with van der Waals surface area (Å²) in [5.74, 6) is 2.10. The van der Waals surface area contributed by atoms with Gasteiger partial charge in [-0.3, -0.25) is 4.79 Å². The highest BCUT2D eigenvalue weighted by molar-refractivity contribution is 6.32. The van der Waals surface area contributed by atoms with Gasteiger partial charge in [-0.2, -0.15) is 0 Å². The smallest absolute Gasteiger partial charge is 0.227 e. The van der Waals surface area contributed by atoms with Gasteiger partial charge in [-0.1, -0.05) is 23.7 Å². The summed E-state index contributed by atoms with van der Waals surface area (Å²) in [5, 5.41) is 0.489. The molecular weight excluding hydrogens is 366 g/mol. The maximum absolute atomic E-state index is 13.0. The molecule has 2 aliphatic rings. The van der Waals surface area contributed by atoms with Crippen LogP contribution in [0.1, 0.15) is 30.0 Å². The summed E-state index contributed by atoms with van der Waals surface area (Å²) in [6.07, 6.45) is 2.27. The number of hydrogen-bond acceptors (Lipinski definition) is 4. The molecule has 0 N–H and O–H groups in total. The highest BCUT2D eigenvalue weighted by atomic mass is 35.5. The largest absolute Gasteiger partial charge is 0.497 e. The van der Waals surface area contributed by atoms with Crippen molar-refractivity contribution in [2.75, 3.05) is 26.9 Å². The number of likely N-dealkylation sites (tertiary alicyclic amines) is 1. The third kappa shape index (κ3) is 3.69. The lowest BCUT2D eigenvalue weighted by atomic mass is 10.0. The number of amides is 1. The zero-order valence-electron chi connectivity index (χ0n) is 15.2. The number of ether oxygens (including phenoxy) is 3. The zero-order chi connectivity index (χ0) is 18.8. The van der Waals surface area contributed by atoms with Crippen LogP contribution in [0, 0.1) is 0 Å². The molecule has 2 aromatic rings. The van der Waals surface area contributed by atoms with Gasteiger partial charge in [-0.15, -0.1) is 0 Å². The van der Waals surface area contributed by atoms with E-state index in [2.05, 4.69) is 0 Å². The molecule has 6 heteroatoms. The number of rotatable bonds is 4. The first-order valence-corrected chi connectivity index (χ1v) is 9.55. The SMILES string of the molecule is COc1ccc([C@@H]2CCCN2C(=O)Cc2cc(Cl)c3c(c2)OCCO3)cc1. The first kappa shape index (κ1) is 18.0. The number of nitrogens with zero attached hydrogens (tertiary/aromatic N) is 1. The van der Waals surface area contributed by atoms with Gasteiger partial charge >= 0.3 is 0 Å². The van der Waals surface area contributed by atoms with Crippen LogP contribution in [0.15, 0.2) is 36.4 Å². The van der Waals surface area contributed by atoms with E-state index in [1.807, 2.05) is 35.2 Å². The normalized spacial score (nSPS) is 18.4. The van der Waals surface area contributed by atoms with E-state index in [1.165, 1.54) is 0 Å². The van der Waals surface area contributed by atoms with Gasteiger partial charge in [-0.05, 0) is 48.2 Å². The van der Waals surface area contributed by atoms with Crippen molar-refractivity contribution in [1.82, 2.24) is 4.90 Å². The Labute approximate surface area is 163 Å². The average molecular weight is 388 g/mol. The van der Waals surface area contributed by atoms with E-state index in [0.717, 1.165) is 36.3 Å². The predicted molar refractivity (Wildman–Crippen MR) is 103 cm³/mol. The van der Waals surface area contributed by atoms with Gasteiger partial charge in [0.15, 0.2) is 11.5 Å². The molecule has 0 spiro atoms. The summed E-state index contributed by atoms with van der Waals surface area (Å²) in [6, 6.07) is 11.7. The molecule has 4 rings (SSSR count). The van der Waals surface area contributed by atoms with Crippen molar-refractivity contribution in [2.24, 2.45) is 0 Å². The third-order valence-corrected chi connectivity index (χ3v) is 5.37. The van der Waals surface area contributed by atoms with Crippen molar-refractivity contribution in [3.8, 4) is 17.2 Å². The first-order chi connectivity index (χ1) is 13.2. The predicted octanol–water partition coefficient (Wildman–Crippen LogP) is 4.03. The van der Waals surface area contributed by atoms with Crippen LogP contribution in [0.25, 0.3) is 0 Å². The van der Waals surface area contributed by atoms with Crippen molar-refractivity contribution in [3.05, 3.63) is 52.5 Å². The quantitative estimate of drug-likeness (QED) is 0.794. The fraction of sp³-hybridized carbons (Fsp3) is 0.381. The first-order valence-electron chi connectivity index (χ1n) is 9.17. The second kappa shape index (κ2) is 7.69. The van der Waals surface area contributed by atoms with E-state index in [1.54, 1.807) is 13.2 Å². The Morgan fingerprint density at radius 1 is 1.22 bits per heavy atom. The Kier molecular flexibility index (Phi) is 5.12. The Bertz CT molecular complexity index is 837. The van der Waals surface area contributed by atoms with Crippen molar-refractivity contribution < 1.29 is 19.0 Å². The standard InChI is InChI=1S/C21H22ClNO4/c1-25-16-6-4-15(5-7-16)18-3-2-8-23(18)20(24)13-14-11-17(22)21-19(12-14)26-9-10-27-21/h4-7,11-12,18H,2-3,8-10,13H2,1H3/t18-/m0/s1. The molecule has 0 unspecified atom stereocenters. The van der Waals surface area contributed by atoms with Crippen molar-refractivity contribution in [3.63, 3.8) is 0 Å². The summed E-state index contributed by atoms with van der Waals surface area (Å²) in [5.41, 5.74) is 1.98. The van der Waals surface area contributed by atoms with E-state index in [4.69, 9.17) is 25.8 Å². The van der Waals surface area contributed by atoms with Crippen LogP contribution in [0.2, 0.25) is 5.02 Å². The molecule has 0 saturated carbocycles. The van der Waals surface area contributed by atoms with E-state index in [-0.39, 0.29) is 11.9 Å². The highest BCUT2D eigenvalue weighted by Gasteiger charge is 2.30. The van der Waals surface area contributed by atoms with Crippen molar-refractivity contribution in [2.45, 2.75) is 25.3 Å². The molecule has 0 radical (unpaired) electrons. The van der Waals surface area contributed by atoms with Gasteiger partial charge in [-0.25, -0.2) is 0 Å². The minimum atomic E-state index is 0.0982. The summed E-state index contributed by atoms with van der Waals surface area (Å²) >= 11 is 6.30. The molecule has 1 fully saturated rings. The molecule has 142 valence electrons. The van der Waals surface area contributed by atoms with Crippen molar-refractivity contribution >= 4 is 17.5 Å². The van der Waals surface area contributed by atoms with Crippen LogP contribution in [0.5, 0.6) is 17.2 Å². The highest BCUT2D eigenvalue weighted by Crippen LogP contribution is 2.39. The van der Waals surface area contributed by atoms with Gasteiger partial charge in [0.1, 0.15) is 19.0 Å². The molecule has 2 heterocycles. The molecular formula is C21H22ClNO4. The molecule has 0 aromatic heterocycles. The lowest BCUT2D eigenvalue weighted by Crippen LogP contribution is -2.31. The van der Waals surface area contributed by atoms with Crippen LogP contribution in [-0.2, 0) is 11.2 Å². The summed E-state index contributed by atoms with van der Waals surface area (Å²) in [4.78, 5) is 15.0. The number of benzene rings is 2. The Morgan fingerprint density at radius 3 is 2.78 bits per heavy atom. The monoisotopic (exact) mass is 387 g/mol. The van der Waals surface area contributed by atoms with Crippen LogP contribution in [0.4, 0.5) is 0 Å². The average Bonchev–Trinajstić information content (AvgIpc) is 3.18. The van der Waals surface area contributed by atoms with E-state index in [0.29, 0.717) is 36.2 Å². The second-order valence-electron chi connectivity index (χ2n) is 6.80. The van der Waals surface area contributed by atoms with E-state index in [9.17, 15) is 4.79 Å². The van der Waals surface area contributed by atoms with Crippen LogP contribution in [-0.4, -0.2) is 37.7 Å². The number of methoxy groups -OCH3 is 1. The Balaban J connectivity index is 1.51. The van der Waals surface area contributed by atoms with Crippen molar-refractivity contribution in [1.29, 1.82) is 0 Å². The maximum atomic E-state index is 13.0. The summed E-state index contributed by atoms with van der Waals surface area (Å²) in [7, 11) is 1.65. The minimum Gasteiger partial charge on any atom is -0.497 e. The minimum absolute atomic E-state index is 0.0982. The molecule has 27 heavy (non-hydrogen) atoms. The molecule has 0 bridgehead atoms. The van der Waals surface area contributed by atoms with Gasteiger partial charge in [0.2, 0.25) is 5.91 Å². The van der Waals surface area contributed by atoms with E-state index < -0.39 is 0 Å². The van der Waals surface area contributed by atoms with Gasteiger partial charge in [0, 0.05) is 6.54 Å². The zero-order valence-corrected chi connectivity index (χ0v) is 16.0. The van der Waals surface area contributed by atoms with Gasteiger partial charge in [0.05, 0.1) is 24.6 Å². The van der Waals surface area contributed by atoms with E-state index >= 15 is 0 Å². The molecule has 2 aliphatic heterocycles. The summed E-state index contributed by atoms with van der Waals surface area (Å²) in [6.45, 7) is 1.75. The lowest BCUT2D eigenvalue weighted by molar-refractivity contribution is -0.131. The number of carbonyl (C=O) groups is 1. The van der Waals surface area contributed by atoms with Gasteiger partial charge in [0.25, 0.3) is 0 Å². The van der Waals surface area contributed by atoms with Crippen LogP contribution < -0.4 is 14.2 Å². The third-order valence-electron chi connectivity index (χ3n) is 5.09. The molecule has 1 saturated heterocycles. The fourth-order valence-corrected chi connectivity index (χ4v) is 4.07. The number of fused-ring (bicyclic) bond motifs is 1. The lowest BCUT2D eigenvalue weighted by Gasteiger charge is -2.26. The number of hydrogen-bond donors (Lipinski definition) is 0. The Morgan fingerprint density at radius 2 is 2.00 bits per heavy atom. The van der Waals surface area contributed by atoms with Crippen LogP contribution in [0.3, 0.4) is 0 Å². The molecule has 2 aromatic carbocycles. The Hall–Kier alpha value is -2.40. The molecule has 1 atom stereocenters. The molecule has 1 amide bonds. The maximum Gasteiger partial charge on any atom is 0.227 e. The topological polar surface area (TPSA) is 48.0 Å². The molecule has 0 aliphatic carbocycles. The fourth-order valence-electron chi connectivity index (χ4n) is 3.78. The summed E-state index contributed by atoms with van der Waals surface area (Å²) < 4.78 is 16.4.